The highest BCUT2D eigenvalue weighted by Gasteiger charge is 2.07. The van der Waals surface area contributed by atoms with E-state index in [0.29, 0.717) is 11.6 Å². The van der Waals surface area contributed by atoms with Crippen LogP contribution in [0.3, 0.4) is 0 Å². The zero-order valence-corrected chi connectivity index (χ0v) is 9.53. The Bertz CT molecular complexity index is 501. The summed E-state index contributed by atoms with van der Waals surface area (Å²) in [7, 11) is 0. The molecule has 2 rings (SSSR count). The molecule has 0 bridgehead atoms. The van der Waals surface area contributed by atoms with Gasteiger partial charge < -0.3 is 5.32 Å². The Labute approximate surface area is 97.6 Å². The van der Waals surface area contributed by atoms with Gasteiger partial charge in [0.2, 0.25) is 5.95 Å². The summed E-state index contributed by atoms with van der Waals surface area (Å²) in [4.78, 5) is 8.13. The molecule has 0 saturated heterocycles. The van der Waals surface area contributed by atoms with Crippen LogP contribution < -0.4 is 5.32 Å². The van der Waals surface area contributed by atoms with Crippen molar-refractivity contribution in [3.8, 4) is 6.07 Å². The first-order valence-corrected chi connectivity index (χ1v) is 5.75. The van der Waals surface area contributed by atoms with E-state index in [4.69, 9.17) is 5.26 Å². The van der Waals surface area contributed by atoms with E-state index < -0.39 is 0 Å². The summed E-state index contributed by atoms with van der Waals surface area (Å²) in [5.74, 6) is 0.484. The van der Waals surface area contributed by atoms with Gasteiger partial charge in [-0.3, -0.25) is 0 Å². The third-order valence-electron chi connectivity index (χ3n) is 2.16. The molecule has 4 nitrogen and oxygen atoms in total. The molecule has 0 aliphatic carbocycles. The second-order valence-electron chi connectivity index (χ2n) is 3.30. The molecule has 0 saturated carbocycles. The van der Waals surface area contributed by atoms with Crippen molar-refractivity contribution in [2.75, 3.05) is 5.32 Å². The zero-order valence-electron chi connectivity index (χ0n) is 8.71. The highest BCUT2D eigenvalue weighted by molar-refractivity contribution is 7.07. The zero-order chi connectivity index (χ0) is 11.4. The van der Waals surface area contributed by atoms with E-state index in [1.807, 2.05) is 18.4 Å². The van der Waals surface area contributed by atoms with Crippen molar-refractivity contribution >= 4 is 17.3 Å². The topological polar surface area (TPSA) is 61.6 Å². The average molecular weight is 230 g/mol. The Morgan fingerprint density at radius 1 is 1.50 bits per heavy atom. The molecule has 80 valence electrons. The first-order chi connectivity index (χ1) is 7.79. The molecule has 0 aliphatic heterocycles. The lowest BCUT2D eigenvalue weighted by molar-refractivity contribution is 0.864. The van der Waals surface area contributed by atoms with Crippen molar-refractivity contribution in [1.82, 2.24) is 9.97 Å². The van der Waals surface area contributed by atoms with Crippen LogP contribution in [0.4, 0.5) is 5.95 Å². The maximum Gasteiger partial charge on any atom is 0.224 e. The van der Waals surface area contributed by atoms with Crippen LogP contribution in [-0.2, 0) is 0 Å². The van der Waals surface area contributed by atoms with Crippen LogP contribution in [-0.4, -0.2) is 9.97 Å². The number of hydrogen-bond donors (Lipinski definition) is 1. The van der Waals surface area contributed by atoms with Crippen molar-refractivity contribution in [3.05, 3.63) is 40.3 Å². The van der Waals surface area contributed by atoms with Gasteiger partial charge in [-0.1, -0.05) is 0 Å². The number of nitrogens with zero attached hydrogens (tertiary/aromatic N) is 3. The number of nitrogens with one attached hydrogen (secondary N) is 1. The predicted octanol–water partition coefficient (Wildman–Crippen LogP) is 2.58. The fourth-order valence-corrected chi connectivity index (χ4v) is 2.04. The van der Waals surface area contributed by atoms with Crippen LogP contribution in [0.5, 0.6) is 0 Å². The van der Waals surface area contributed by atoms with E-state index in [2.05, 4.69) is 26.7 Å². The fraction of sp³-hybridized carbons (Fsp3) is 0.182. The molecule has 1 N–H and O–H groups in total. The van der Waals surface area contributed by atoms with Crippen LogP contribution in [0.25, 0.3) is 0 Å². The summed E-state index contributed by atoms with van der Waals surface area (Å²) in [6.07, 6.45) is 1.58. The number of rotatable bonds is 3. The first kappa shape index (κ1) is 10.6. The summed E-state index contributed by atoms with van der Waals surface area (Å²) in [6, 6.07) is 5.76. The Balaban J connectivity index is 2.12. The summed E-state index contributed by atoms with van der Waals surface area (Å²) in [5, 5.41) is 16.0. The largest absolute Gasteiger partial charge is 0.348 e. The fourth-order valence-electron chi connectivity index (χ4n) is 1.29. The maximum atomic E-state index is 8.71. The molecule has 0 radical (unpaired) electrons. The molecular formula is C11H10N4S. The maximum absolute atomic E-state index is 8.71. The molecule has 0 fully saturated rings. The first-order valence-electron chi connectivity index (χ1n) is 4.81. The van der Waals surface area contributed by atoms with Crippen molar-refractivity contribution in [3.63, 3.8) is 0 Å². The van der Waals surface area contributed by atoms with E-state index in [1.165, 1.54) is 5.56 Å². The van der Waals surface area contributed by atoms with Crippen molar-refractivity contribution in [2.45, 2.75) is 13.0 Å². The lowest BCUT2D eigenvalue weighted by Gasteiger charge is -2.11. The standard InChI is InChI=1S/C11H10N4S/c1-8(9-3-5-16-7-9)14-11-13-4-2-10(6-12)15-11/h2-5,7-8H,1H3,(H,13,14,15). The van der Waals surface area contributed by atoms with Gasteiger partial charge in [0, 0.05) is 6.20 Å². The smallest absolute Gasteiger partial charge is 0.224 e. The van der Waals surface area contributed by atoms with Gasteiger partial charge in [-0.05, 0) is 35.4 Å². The minimum Gasteiger partial charge on any atom is -0.348 e. The lowest BCUT2D eigenvalue weighted by atomic mass is 10.2. The third kappa shape index (κ3) is 2.35. The van der Waals surface area contributed by atoms with Gasteiger partial charge in [0.25, 0.3) is 0 Å². The van der Waals surface area contributed by atoms with Gasteiger partial charge in [-0.25, -0.2) is 9.97 Å². The van der Waals surface area contributed by atoms with E-state index in [9.17, 15) is 0 Å². The molecule has 0 amide bonds. The normalized spacial score (nSPS) is 11.8. The Morgan fingerprint density at radius 3 is 3.06 bits per heavy atom. The highest BCUT2D eigenvalue weighted by Crippen LogP contribution is 2.18. The van der Waals surface area contributed by atoms with Crippen LogP contribution >= 0.6 is 11.3 Å². The Hall–Kier alpha value is -1.93. The molecule has 16 heavy (non-hydrogen) atoms. The molecule has 2 aromatic heterocycles. The summed E-state index contributed by atoms with van der Waals surface area (Å²) in [6.45, 7) is 2.03. The molecule has 0 spiro atoms. The second kappa shape index (κ2) is 4.73. The molecule has 5 heteroatoms. The van der Waals surface area contributed by atoms with Crippen molar-refractivity contribution in [2.24, 2.45) is 0 Å². The monoisotopic (exact) mass is 230 g/mol. The van der Waals surface area contributed by atoms with Gasteiger partial charge in [0.1, 0.15) is 11.8 Å². The van der Waals surface area contributed by atoms with Crippen molar-refractivity contribution < 1.29 is 0 Å². The van der Waals surface area contributed by atoms with E-state index >= 15 is 0 Å². The molecule has 0 aliphatic rings. The molecule has 1 atom stereocenters. The minimum absolute atomic E-state index is 0.139. The highest BCUT2D eigenvalue weighted by atomic mass is 32.1. The average Bonchev–Trinajstić information content (AvgIpc) is 2.83. The summed E-state index contributed by atoms with van der Waals surface area (Å²) in [5.41, 5.74) is 1.56. The van der Waals surface area contributed by atoms with Crippen LogP contribution in [0.2, 0.25) is 0 Å². The van der Waals surface area contributed by atoms with Crippen LogP contribution in [0.15, 0.2) is 29.1 Å². The number of anilines is 1. The molecule has 0 aromatic carbocycles. The predicted molar refractivity (Wildman–Crippen MR) is 63.1 cm³/mol. The molecule has 2 aromatic rings. The number of hydrogen-bond acceptors (Lipinski definition) is 5. The van der Waals surface area contributed by atoms with Gasteiger partial charge in [-0.15, -0.1) is 0 Å². The molecule has 1 unspecified atom stereocenters. The van der Waals surface area contributed by atoms with Gasteiger partial charge in [-0.2, -0.15) is 16.6 Å². The summed E-state index contributed by atoms with van der Waals surface area (Å²) >= 11 is 1.65. The van der Waals surface area contributed by atoms with Gasteiger partial charge in [0.05, 0.1) is 6.04 Å². The molecular weight excluding hydrogens is 220 g/mol. The van der Waals surface area contributed by atoms with Crippen LogP contribution in [0, 0.1) is 11.3 Å². The van der Waals surface area contributed by atoms with Gasteiger partial charge in [0.15, 0.2) is 0 Å². The number of thiophene rings is 1. The number of nitriles is 1. The summed E-state index contributed by atoms with van der Waals surface area (Å²) < 4.78 is 0. The SMILES string of the molecule is CC(Nc1nccc(C#N)n1)c1ccsc1. The second-order valence-corrected chi connectivity index (χ2v) is 4.08. The van der Waals surface area contributed by atoms with E-state index in [-0.39, 0.29) is 6.04 Å². The molecule has 2 heterocycles. The Morgan fingerprint density at radius 2 is 2.38 bits per heavy atom. The third-order valence-corrected chi connectivity index (χ3v) is 2.86. The Kier molecular flexibility index (Phi) is 3.13. The number of aromatic nitrogens is 2. The van der Waals surface area contributed by atoms with E-state index in [1.54, 1.807) is 23.6 Å². The van der Waals surface area contributed by atoms with Crippen LogP contribution in [0.1, 0.15) is 24.2 Å². The van der Waals surface area contributed by atoms with E-state index in [0.717, 1.165) is 0 Å². The quantitative estimate of drug-likeness (QED) is 0.880. The van der Waals surface area contributed by atoms with Gasteiger partial charge >= 0.3 is 0 Å². The van der Waals surface area contributed by atoms with Crippen molar-refractivity contribution in [1.29, 1.82) is 5.26 Å². The lowest BCUT2D eigenvalue weighted by Crippen LogP contribution is -2.08. The minimum atomic E-state index is 0.139.